The van der Waals surface area contributed by atoms with E-state index in [0.29, 0.717) is 6.04 Å². The average Bonchev–Trinajstić information content (AvgIpc) is 2.48. The van der Waals surface area contributed by atoms with E-state index >= 15 is 0 Å². The first-order valence-corrected chi connectivity index (χ1v) is 8.75. The Labute approximate surface area is 134 Å². The molecule has 1 aromatic rings. The minimum atomic E-state index is -0.142. The summed E-state index contributed by atoms with van der Waals surface area (Å²) in [6.07, 6.45) is 6.91. The maximum atomic E-state index is 13.2. The van der Waals surface area contributed by atoms with Crippen LogP contribution in [0.5, 0.6) is 0 Å². The van der Waals surface area contributed by atoms with Crippen molar-refractivity contribution >= 4 is 28.3 Å². The fourth-order valence-corrected chi connectivity index (χ4v) is 4.41. The van der Waals surface area contributed by atoms with E-state index in [1.54, 1.807) is 12.1 Å². The van der Waals surface area contributed by atoms with Crippen molar-refractivity contribution in [2.75, 3.05) is 24.5 Å². The Balaban J connectivity index is 1.71. The second kappa shape index (κ2) is 6.60. The van der Waals surface area contributed by atoms with Crippen molar-refractivity contribution in [2.45, 2.75) is 38.1 Å². The molecule has 110 valence electrons. The Morgan fingerprint density at radius 2 is 2.00 bits per heavy atom. The molecule has 1 aliphatic carbocycles. The molecule has 2 nitrogen and oxygen atoms in total. The molecular formula is C16H22FIN2. The van der Waals surface area contributed by atoms with Crippen molar-refractivity contribution in [3.63, 3.8) is 0 Å². The molecule has 1 saturated carbocycles. The SMILES string of the molecule is Fc1ccc(N2CCNC(C3CCCCC3)C2)c(I)c1. The predicted molar refractivity (Wildman–Crippen MR) is 89.7 cm³/mol. The van der Waals surface area contributed by atoms with E-state index in [0.717, 1.165) is 29.1 Å². The fraction of sp³-hybridized carbons (Fsp3) is 0.625. The van der Waals surface area contributed by atoms with Crippen LogP contribution in [0.25, 0.3) is 0 Å². The van der Waals surface area contributed by atoms with Gasteiger partial charge < -0.3 is 10.2 Å². The molecule has 20 heavy (non-hydrogen) atoms. The summed E-state index contributed by atoms with van der Waals surface area (Å²) < 4.78 is 14.3. The zero-order valence-electron chi connectivity index (χ0n) is 11.7. The minimum Gasteiger partial charge on any atom is -0.368 e. The second-order valence-corrected chi connectivity index (χ2v) is 7.16. The van der Waals surface area contributed by atoms with Crippen LogP contribution in [0, 0.1) is 15.3 Å². The number of halogens is 2. The van der Waals surface area contributed by atoms with Gasteiger partial charge in [0.15, 0.2) is 0 Å². The lowest BCUT2D eigenvalue weighted by molar-refractivity contribution is 0.257. The van der Waals surface area contributed by atoms with Gasteiger partial charge in [-0.25, -0.2) is 4.39 Å². The van der Waals surface area contributed by atoms with Crippen LogP contribution in [0.3, 0.4) is 0 Å². The quantitative estimate of drug-likeness (QED) is 0.776. The molecule has 1 heterocycles. The summed E-state index contributed by atoms with van der Waals surface area (Å²) in [7, 11) is 0. The minimum absolute atomic E-state index is 0.142. The molecule has 1 aromatic carbocycles. The Kier molecular flexibility index (Phi) is 4.81. The van der Waals surface area contributed by atoms with Gasteiger partial charge in [-0.3, -0.25) is 0 Å². The summed E-state index contributed by atoms with van der Waals surface area (Å²) in [6.45, 7) is 3.12. The Bertz CT molecular complexity index is 460. The highest BCUT2D eigenvalue weighted by molar-refractivity contribution is 14.1. The molecule has 4 heteroatoms. The summed E-state index contributed by atoms with van der Waals surface area (Å²) >= 11 is 2.25. The number of hydrogen-bond acceptors (Lipinski definition) is 2. The smallest absolute Gasteiger partial charge is 0.124 e. The van der Waals surface area contributed by atoms with Crippen LogP contribution in [0.15, 0.2) is 18.2 Å². The van der Waals surface area contributed by atoms with E-state index in [-0.39, 0.29) is 5.82 Å². The Morgan fingerprint density at radius 1 is 1.20 bits per heavy atom. The van der Waals surface area contributed by atoms with Gasteiger partial charge in [-0.15, -0.1) is 0 Å². The average molecular weight is 388 g/mol. The molecule has 0 bridgehead atoms. The third-order valence-electron chi connectivity index (χ3n) is 4.67. The predicted octanol–water partition coefficient (Wildman–Crippen LogP) is 3.79. The number of rotatable bonds is 2. The van der Waals surface area contributed by atoms with E-state index in [1.165, 1.54) is 37.8 Å². The van der Waals surface area contributed by atoms with Gasteiger partial charge >= 0.3 is 0 Å². The number of nitrogens with one attached hydrogen (secondary N) is 1. The molecular weight excluding hydrogens is 366 g/mol. The van der Waals surface area contributed by atoms with E-state index in [4.69, 9.17) is 0 Å². The van der Waals surface area contributed by atoms with Gasteiger partial charge in [0.2, 0.25) is 0 Å². The zero-order valence-corrected chi connectivity index (χ0v) is 13.9. The van der Waals surface area contributed by atoms with Gasteiger partial charge in [-0.2, -0.15) is 0 Å². The Hall–Kier alpha value is -0.360. The van der Waals surface area contributed by atoms with Crippen LogP contribution in [0.1, 0.15) is 32.1 Å². The van der Waals surface area contributed by atoms with Crippen molar-refractivity contribution in [2.24, 2.45) is 5.92 Å². The van der Waals surface area contributed by atoms with Crippen molar-refractivity contribution in [1.29, 1.82) is 0 Å². The normalized spacial score (nSPS) is 24.9. The lowest BCUT2D eigenvalue weighted by atomic mass is 9.83. The van der Waals surface area contributed by atoms with Crippen molar-refractivity contribution in [1.82, 2.24) is 5.32 Å². The first-order valence-electron chi connectivity index (χ1n) is 7.67. The van der Waals surface area contributed by atoms with Crippen LogP contribution < -0.4 is 10.2 Å². The molecule has 3 rings (SSSR count). The van der Waals surface area contributed by atoms with Crippen molar-refractivity contribution in [3.05, 3.63) is 27.6 Å². The van der Waals surface area contributed by atoms with E-state index in [9.17, 15) is 4.39 Å². The lowest BCUT2D eigenvalue weighted by Crippen LogP contribution is -2.54. The zero-order chi connectivity index (χ0) is 13.9. The van der Waals surface area contributed by atoms with Crippen LogP contribution in [-0.2, 0) is 0 Å². The largest absolute Gasteiger partial charge is 0.368 e. The molecule has 1 atom stereocenters. The standard InChI is InChI=1S/C16H22FIN2/c17-13-6-7-16(14(18)10-13)20-9-8-19-15(11-20)12-4-2-1-3-5-12/h6-7,10,12,15,19H,1-5,8-9,11H2. The number of benzene rings is 1. The maximum absolute atomic E-state index is 13.2. The van der Waals surface area contributed by atoms with E-state index < -0.39 is 0 Å². The molecule has 0 radical (unpaired) electrons. The van der Waals surface area contributed by atoms with Crippen molar-refractivity contribution in [3.8, 4) is 0 Å². The maximum Gasteiger partial charge on any atom is 0.124 e. The van der Waals surface area contributed by atoms with Gasteiger partial charge in [0.05, 0.1) is 5.69 Å². The first kappa shape index (κ1) is 14.6. The van der Waals surface area contributed by atoms with Crippen molar-refractivity contribution < 1.29 is 4.39 Å². The molecule has 2 fully saturated rings. The number of piperazine rings is 1. The van der Waals surface area contributed by atoms with Gasteiger partial charge in [-0.05, 0) is 59.5 Å². The molecule has 0 aromatic heterocycles. The molecule has 0 amide bonds. The van der Waals surface area contributed by atoms with Crippen LogP contribution in [0.4, 0.5) is 10.1 Å². The summed E-state index contributed by atoms with van der Waals surface area (Å²) in [5, 5.41) is 3.70. The molecule has 1 saturated heterocycles. The monoisotopic (exact) mass is 388 g/mol. The highest BCUT2D eigenvalue weighted by atomic mass is 127. The molecule has 2 aliphatic rings. The highest BCUT2D eigenvalue weighted by Crippen LogP contribution is 2.30. The number of nitrogens with zero attached hydrogens (tertiary/aromatic N) is 1. The van der Waals surface area contributed by atoms with Gasteiger partial charge in [0, 0.05) is 29.2 Å². The van der Waals surface area contributed by atoms with Gasteiger partial charge in [0.1, 0.15) is 5.82 Å². The summed E-state index contributed by atoms with van der Waals surface area (Å²) in [6, 6.07) is 5.74. The molecule has 0 spiro atoms. The molecule has 1 N–H and O–H groups in total. The van der Waals surface area contributed by atoms with Crippen LogP contribution in [0.2, 0.25) is 0 Å². The van der Waals surface area contributed by atoms with Gasteiger partial charge in [0.25, 0.3) is 0 Å². The Morgan fingerprint density at radius 3 is 2.75 bits per heavy atom. The number of hydrogen-bond donors (Lipinski definition) is 1. The molecule has 1 aliphatic heterocycles. The third-order valence-corrected chi connectivity index (χ3v) is 5.54. The summed E-state index contributed by atoms with van der Waals surface area (Å²) in [5.74, 6) is 0.682. The van der Waals surface area contributed by atoms with Crippen LogP contribution >= 0.6 is 22.6 Å². The van der Waals surface area contributed by atoms with Crippen LogP contribution in [-0.4, -0.2) is 25.7 Å². The second-order valence-electron chi connectivity index (χ2n) is 6.00. The third kappa shape index (κ3) is 3.27. The molecule has 1 unspecified atom stereocenters. The van der Waals surface area contributed by atoms with E-state index in [2.05, 4.69) is 32.8 Å². The lowest BCUT2D eigenvalue weighted by Gasteiger charge is -2.40. The van der Waals surface area contributed by atoms with E-state index in [1.807, 2.05) is 6.07 Å². The summed E-state index contributed by atoms with van der Waals surface area (Å²) in [4.78, 5) is 2.43. The fourth-order valence-electron chi connectivity index (χ4n) is 3.59. The topological polar surface area (TPSA) is 15.3 Å². The number of anilines is 1. The van der Waals surface area contributed by atoms with Gasteiger partial charge in [-0.1, -0.05) is 19.3 Å². The summed E-state index contributed by atoms with van der Waals surface area (Å²) in [5.41, 5.74) is 1.19. The highest BCUT2D eigenvalue weighted by Gasteiger charge is 2.28. The first-order chi connectivity index (χ1) is 9.74.